The van der Waals surface area contributed by atoms with Crippen LogP contribution in [0.5, 0.6) is 0 Å². The monoisotopic (exact) mass is 313 g/mol. The molecule has 0 bridgehead atoms. The largest absolute Gasteiger partial charge is 0.772 e. The van der Waals surface area contributed by atoms with E-state index in [1.54, 1.807) is 13.0 Å². The number of halogens is 1. The van der Waals surface area contributed by atoms with E-state index in [1.165, 1.54) is 0 Å². The highest BCUT2D eigenvalue weighted by atomic mass is 35.5. The van der Waals surface area contributed by atoms with Crippen LogP contribution < -0.4 is 0 Å². The van der Waals surface area contributed by atoms with Crippen LogP contribution in [0.25, 0.3) is 0 Å². The lowest BCUT2D eigenvalue weighted by molar-refractivity contribution is 0.108. The molecule has 0 N–H and O–H groups in total. The van der Waals surface area contributed by atoms with E-state index in [1.807, 2.05) is 12.1 Å². The fourth-order valence-electron chi connectivity index (χ4n) is 1.97. The number of rotatable bonds is 7. The van der Waals surface area contributed by atoms with E-state index < -0.39 is 16.3 Å². The number of aryl methyl sites for hydroxylation is 1. The van der Waals surface area contributed by atoms with Gasteiger partial charge in [-0.25, -0.2) is 0 Å². The molecule has 1 aromatic carbocycles. The topological polar surface area (TPSA) is 57.2 Å². The Morgan fingerprint density at radius 2 is 2.05 bits per heavy atom. The molecule has 0 radical (unpaired) electrons. The normalized spacial score (nSPS) is 12.8. The van der Waals surface area contributed by atoms with Gasteiger partial charge >= 0.3 is 0 Å². The van der Waals surface area contributed by atoms with Gasteiger partial charge in [0.2, 0.25) is 0 Å². The first-order valence-corrected chi connectivity index (χ1v) is 8.11. The lowest BCUT2D eigenvalue weighted by Gasteiger charge is -2.13. The van der Waals surface area contributed by atoms with Crippen molar-refractivity contribution in [2.24, 2.45) is 0 Å². The lowest BCUT2D eigenvalue weighted by atomic mass is 9.98. The summed E-state index contributed by atoms with van der Waals surface area (Å²) in [7, 11) is 0. The highest BCUT2D eigenvalue weighted by Gasteiger charge is 2.11. The van der Waals surface area contributed by atoms with Crippen LogP contribution in [0.4, 0.5) is 0 Å². The third kappa shape index (κ3) is 5.19. The van der Waals surface area contributed by atoms with E-state index >= 15 is 0 Å². The summed E-state index contributed by atoms with van der Waals surface area (Å²) in [6.45, 7) is 3.90. The predicted octanol–water partition coefficient (Wildman–Crippen LogP) is 3.65. The minimum absolute atomic E-state index is 0.103. The zero-order valence-electron chi connectivity index (χ0n) is 11.6. The average Bonchev–Trinajstić information content (AvgIpc) is 2.36. The van der Waals surface area contributed by atoms with Crippen LogP contribution in [-0.2, 0) is 23.3 Å². The SMILES string of the molecule is CCCC=CCc1cc(C)c(C(=O)Cl)cc1CS(=O)[O-]. The quantitative estimate of drug-likeness (QED) is 0.438. The first kappa shape index (κ1) is 17.1. The molecule has 5 heteroatoms. The van der Waals surface area contributed by atoms with Gasteiger partial charge in [-0.3, -0.25) is 9.00 Å². The Balaban J connectivity index is 3.10. The van der Waals surface area contributed by atoms with Crippen molar-refractivity contribution in [3.05, 3.63) is 46.5 Å². The molecule has 1 rings (SSSR count). The van der Waals surface area contributed by atoms with Crippen molar-refractivity contribution >= 4 is 27.9 Å². The molecule has 0 aliphatic rings. The van der Waals surface area contributed by atoms with E-state index in [0.717, 1.165) is 24.0 Å². The molecule has 0 saturated carbocycles. The van der Waals surface area contributed by atoms with Crippen molar-refractivity contribution < 1.29 is 13.6 Å². The van der Waals surface area contributed by atoms with E-state index in [2.05, 4.69) is 13.0 Å². The Morgan fingerprint density at radius 1 is 1.35 bits per heavy atom. The van der Waals surface area contributed by atoms with E-state index in [0.29, 0.717) is 17.5 Å². The van der Waals surface area contributed by atoms with Crippen LogP contribution in [0.2, 0.25) is 0 Å². The number of benzene rings is 1. The Labute approximate surface area is 127 Å². The third-order valence-corrected chi connectivity index (χ3v) is 3.74. The van der Waals surface area contributed by atoms with Crippen LogP contribution in [0.15, 0.2) is 24.3 Å². The van der Waals surface area contributed by atoms with E-state index in [4.69, 9.17) is 11.6 Å². The molecular weight excluding hydrogens is 296 g/mol. The van der Waals surface area contributed by atoms with Crippen molar-refractivity contribution in [2.75, 3.05) is 0 Å². The van der Waals surface area contributed by atoms with Crippen molar-refractivity contribution in [2.45, 2.75) is 38.9 Å². The van der Waals surface area contributed by atoms with Gasteiger partial charge in [0.05, 0.1) is 0 Å². The second kappa shape index (κ2) is 8.35. The Morgan fingerprint density at radius 3 is 2.60 bits per heavy atom. The highest BCUT2D eigenvalue weighted by Crippen LogP contribution is 2.20. The molecule has 0 spiro atoms. The van der Waals surface area contributed by atoms with Crippen molar-refractivity contribution in [1.82, 2.24) is 0 Å². The Kier molecular flexibility index (Phi) is 7.13. The molecule has 20 heavy (non-hydrogen) atoms. The summed E-state index contributed by atoms with van der Waals surface area (Å²) in [6, 6.07) is 3.43. The molecular formula is C15H18ClO3S-. The van der Waals surface area contributed by atoms with E-state index in [9.17, 15) is 13.6 Å². The summed E-state index contributed by atoms with van der Waals surface area (Å²) in [5.74, 6) is -0.103. The van der Waals surface area contributed by atoms with Gasteiger partial charge < -0.3 is 4.55 Å². The smallest absolute Gasteiger partial charge is 0.252 e. The number of unbranched alkanes of at least 4 members (excludes halogenated alkanes) is 1. The molecule has 1 aromatic rings. The molecule has 110 valence electrons. The molecule has 0 amide bonds. The van der Waals surface area contributed by atoms with E-state index in [-0.39, 0.29) is 5.75 Å². The minimum atomic E-state index is -2.19. The lowest BCUT2D eigenvalue weighted by Crippen LogP contribution is -2.04. The molecule has 0 aliphatic carbocycles. The zero-order valence-corrected chi connectivity index (χ0v) is 13.2. The second-order valence-corrected chi connectivity index (χ2v) is 5.86. The number of carbonyl (C=O) groups excluding carboxylic acids is 1. The highest BCUT2D eigenvalue weighted by molar-refractivity contribution is 7.78. The summed E-state index contributed by atoms with van der Waals surface area (Å²) < 4.78 is 21.9. The van der Waals surface area contributed by atoms with Crippen LogP contribution in [0.3, 0.4) is 0 Å². The van der Waals surface area contributed by atoms with Gasteiger partial charge in [-0.1, -0.05) is 42.6 Å². The van der Waals surface area contributed by atoms with Gasteiger partial charge in [0, 0.05) is 11.3 Å². The van der Waals surface area contributed by atoms with Crippen molar-refractivity contribution in [1.29, 1.82) is 0 Å². The maximum absolute atomic E-state index is 11.3. The number of hydrogen-bond acceptors (Lipinski definition) is 3. The predicted molar refractivity (Wildman–Crippen MR) is 81.7 cm³/mol. The molecule has 0 heterocycles. The van der Waals surface area contributed by atoms with Gasteiger partial charge in [0.1, 0.15) is 0 Å². The van der Waals surface area contributed by atoms with Crippen LogP contribution in [-0.4, -0.2) is 14.0 Å². The summed E-state index contributed by atoms with van der Waals surface area (Å²) in [6.07, 6.45) is 6.84. The first-order valence-electron chi connectivity index (χ1n) is 6.48. The molecule has 0 aliphatic heterocycles. The fraction of sp³-hybridized carbons (Fsp3) is 0.400. The van der Waals surface area contributed by atoms with Gasteiger partial charge in [-0.2, -0.15) is 0 Å². The molecule has 0 saturated heterocycles. The van der Waals surface area contributed by atoms with Gasteiger partial charge in [-0.05, 0) is 54.1 Å². The van der Waals surface area contributed by atoms with Gasteiger partial charge in [0.15, 0.2) is 0 Å². The molecule has 1 unspecified atom stereocenters. The third-order valence-electron chi connectivity index (χ3n) is 2.99. The van der Waals surface area contributed by atoms with Crippen LogP contribution >= 0.6 is 11.6 Å². The first-order chi connectivity index (χ1) is 9.45. The van der Waals surface area contributed by atoms with Crippen LogP contribution in [0.1, 0.15) is 46.8 Å². The number of hydrogen-bond donors (Lipinski definition) is 0. The van der Waals surface area contributed by atoms with Gasteiger partial charge in [-0.15, -0.1) is 0 Å². The van der Waals surface area contributed by atoms with Crippen molar-refractivity contribution in [3.63, 3.8) is 0 Å². The summed E-state index contributed by atoms with van der Waals surface area (Å²) >= 11 is 3.32. The Hall–Kier alpha value is -0.970. The maximum Gasteiger partial charge on any atom is 0.252 e. The average molecular weight is 314 g/mol. The molecule has 3 nitrogen and oxygen atoms in total. The molecule has 1 atom stereocenters. The maximum atomic E-state index is 11.3. The summed E-state index contributed by atoms with van der Waals surface area (Å²) in [4.78, 5) is 11.3. The van der Waals surface area contributed by atoms with Crippen LogP contribution in [0, 0.1) is 6.92 Å². The zero-order chi connectivity index (χ0) is 15.1. The standard InChI is InChI=1S/C15H19ClO3S/c1-3-4-5-6-7-12-8-11(2)14(15(16)17)9-13(12)10-20(18)19/h5-6,8-9H,3-4,7,10H2,1-2H3,(H,18,19)/p-1. The van der Waals surface area contributed by atoms with Crippen molar-refractivity contribution in [3.8, 4) is 0 Å². The summed E-state index contributed by atoms with van der Waals surface area (Å²) in [5.41, 5.74) is 2.69. The molecule has 0 aromatic heterocycles. The Bertz CT molecular complexity index is 538. The number of allylic oxidation sites excluding steroid dienone is 2. The molecule has 0 fully saturated rings. The summed E-state index contributed by atoms with van der Waals surface area (Å²) in [5, 5.41) is -0.562. The second-order valence-electron chi connectivity index (χ2n) is 4.62. The van der Waals surface area contributed by atoms with Gasteiger partial charge in [0.25, 0.3) is 5.24 Å². The fourth-order valence-corrected chi connectivity index (χ4v) is 2.70. The number of carbonyl (C=O) groups is 1. The minimum Gasteiger partial charge on any atom is -0.772 e.